The van der Waals surface area contributed by atoms with Crippen molar-refractivity contribution in [1.82, 2.24) is 4.90 Å². The molecule has 1 N–H and O–H groups in total. The number of carboxylic acid groups (broad SMARTS) is 1. The molecular formula is C18H21NO6. The van der Waals surface area contributed by atoms with E-state index in [2.05, 4.69) is 0 Å². The van der Waals surface area contributed by atoms with Crippen LogP contribution in [0.25, 0.3) is 0 Å². The number of Topliss-reactive ketones (excluding diaryl/α,β-unsaturated/α-hetero) is 1. The molecule has 134 valence electrons. The number of likely N-dealkylation sites (tertiary alicyclic amines) is 1. The summed E-state index contributed by atoms with van der Waals surface area (Å²) < 4.78 is 11.4. The van der Waals surface area contributed by atoms with Crippen LogP contribution in [0, 0.1) is 0 Å². The third-order valence-corrected chi connectivity index (χ3v) is 5.05. The largest absolute Gasteiger partial charge is 0.497 e. The standard InChI is InChI=1S/C18H21NO6/c1-11(17(22)23)19-8-7-18(6-5-16(19)21)10-14(20)13-4-3-12(24-2)9-15(13)25-18/h3-4,9,11H,5-8,10H2,1-2H3,(H,22,23)/t11-,18+/m0/s1. The summed E-state index contributed by atoms with van der Waals surface area (Å²) in [4.78, 5) is 37.4. The molecule has 1 aromatic carbocycles. The first kappa shape index (κ1) is 17.3. The number of nitrogens with zero attached hydrogens (tertiary/aromatic N) is 1. The van der Waals surface area contributed by atoms with Gasteiger partial charge in [-0.05, 0) is 25.5 Å². The van der Waals surface area contributed by atoms with E-state index in [0.29, 0.717) is 29.9 Å². The smallest absolute Gasteiger partial charge is 0.326 e. The lowest BCUT2D eigenvalue weighted by Gasteiger charge is -2.37. The Balaban J connectivity index is 1.86. The number of hydrogen-bond acceptors (Lipinski definition) is 5. The van der Waals surface area contributed by atoms with Crippen LogP contribution < -0.4 is 9.47 Å². The highest BCUT2D eigenvalue weighted by Gasteiger charge is 2.44. The van der Waals surface area contributed by atoms with E-state index in [1.807, 2.05) is 0 Å². The lowest BCUT2D eigenvalue weighted by atomic mass is 9.84. The number of carbonyl (C=O) groups is 3. The molecular weight excluding hydrogens is 326 g/mol. The van der Waals surface area contributed by atoms with Crippen LogP contribution in [-0.4, -0.2) is 53.0 Å². The predicted molar refractivity (Wildman–Crippen MR) is 88.0 cm³/mol. The van der Waals surface area contributed by atoms with Crippen molar-refractivity contribution in [3.8, 4) is 11.5 Å². The van der Waals surface area contributed by atoms with E-state index in [4.69, 9.17) is 9.47 Å². The van der Waals surface area contributed by atoms with Crippen LogP contribution in [0.1, 0.15) is 43.0 Å². The Bertz CT molecular complexity index is 730. The summed E-state index contributed by atoms with van der Waals surface area (Å²) in [5, 5.41) is 9.18. The number of hydrogen-bond donors (Lipinski definition) is 1. The van der Waals surface area contributed by atoms with Gasteiger partial charge in [0.15, 0.2) is 5.78 Å². The Kier molecular flexibility index (Phi) is 4.41. The summed E-state index contributed by atoms with van der Waals surface area (Å²) in [5.74, 6) is -0.243. The predicted octanol–water partition coefficient (Wildman–Crippen LogP) is 1.88. The van der Waals surface area contributed by atoms with Crippen LogP contribution in [0.4, 0.5) is 0 Å². The van der Waals surface area contributed by atoms with Crippen LogP contribution >= 0.6 is 0 Å². The van der Waals surface area contributed by atoms with Crippen LogP contribution in [0.2, 0.25) is 0 Å². The molecule has 1 fully saturated rings. The Morgan fingerprint density at radius 2 is 2.12 bits per heavy atom. The highest BCUT2D eigenvalue weighted by Crippen LogP contribution is 2.41. The first-order valence-electron chi connectivity index (χ1n) is 8.28. The molecule has 0 saturated carbocycles. The van der Waals surface area contributed by atoms with Gasteiger partial charge >= 0.3 is 5.97 Å². The molecule has 1 spiro atoms. The van der Waals surface area contributed by atoms with Crippen LogP contribution in [-0.2, 0) is 9.59 Å². The Morgan fingerprint density at radius 1 is 1.36 bits per heavy atom. The summed E-state index contributed by atoms with van der Waals surface area (Å²) in [7, 11) is 1.54. The molecule has 2 atom stereocenters. The van der Waals surface area contributed by atoms with E-state index in [1.54, 1.807) is 18.2 Å². The second kappa shape index (κ2) is 6.38. The number of aliphatic carboxylic acids is 1. The van der Waals surface area contributed by atoms with Crippen molar-refractivity contribution in [2.45, 2.75) is 44.2 Å². The van der Waals surface area contributed by atoms with E-state index in [1.165, 1.54) is 18.9 Å². The normalized spacial score (nSPS) is 24.3. The summed E-state index contributed by atoms with van der Waals surface area (Å²) in [6.07, 6.45) is 1.15. The van der Waals surface area contributed by atoms with E-state index in [9.17, 15) is 19.5 Å². The molecule has 2 heterocycles. The molecule has 25 heavy (non-hydrogen) atoms. The van der Waals surface area contributed by atoms with Crippen molar-refractivity contribution >= 4 is 17.7 Å². The zero-order valence-corrected chi connectivity index (χ0v) is 14.3. The number of carbonyl (C=O) groups excluding carboxylic acids is 2. The van der Waals surface area contributed by atoms with Gasteiger partial charge in [-0.25, -0.2) is 4.79 Å². The summed E-state index contributed by atoms with van der Waals surface area (Å²) in [5.41, 5.74) is -0.267. The number of amides is 1. The minimum Gasteiger partial charge on any atom is -0.497 e. The van der Waals surface area contributed by atoms with Crippen LogP contribution in [0.3, 0.4) is 0 Å². The lowest BCUT2D eigenvalue weighted by molar-refractivity contribution is -0.149. The van der Waals surface area contributed by atoms with Gasteiger partial charge in [0.05, 0.1) is 19.1 Å². The molecule has 1 amide bonds. The maximum Gasteiger partial charge on any atom is 0.326 e. The van der Waals surface area contributed by atoms with Crippen molar-refractivity contribution < 1.29 is 29.0 Å². The summed E-state index contributed by atoms with van der Waals surface area (Å²) in [6.45, 7) is 1.74. The minimum atomic E-state index is -1.04. The number of ketones is 1. The molecule has 2 aliphatic heterocycles. The quantitative estimate of drug-likeness (QED) is 0.897. The number of ether oxygens (including phenoxy) is 2. The summed E-state index contributed by atoms with van der Waals surface area (Å²) in [6, 6.07) is 4.18. The molecule has 7 heteroatoms. The fourth-order valence-electron chi connectivity index (χ4n) is 3.48. The maximum absolute atomic E-state index is 12.6. The average Bonchev–Trinajstić information content (AvgIpc) is 2.73. The zero-order chi connectivity index (χ0) is 18.2. The molecule has 0 radical (unpaired) electrons. The minimum absolute atomic E-state index is 0.0314. The average molecular weight is 347 g/mol. The van der Waals surface area contributed by atoms with E-state index < -0.39 is 17.6 Å². The molecule has 0 aliphatic carbocycles. The number of fused-ring (bicyclic) bond motifs is 1. The lowest BCUT2D eigenvalue weighted by Crippen LogP contribution is -2.45. The Hall–Kier alpha value is -2.57. The number of methoxy groups -OCH3 is 1. The van der Waals surface area contributed by atoms with Crippen molar-refractivity contribution in [2.24, 2.45) is 0 Å². The zero-order valence-electron chi connectivity index (χ0n) is 14.3. The topological polar surface area (TPSA) is 93.1 Å². The fraction of sp³-hybridized carbons (Fsp3) is 0.500. The molecule has 1 saturated heterocycles. The SMILES string of the molecule is COc1ccc2c(c1)O[C@@]1(CCC(=O)N([C@@H](C)C(=O)O)CC1)CC2=O. The second-order valence-electron chi connectivity index (χ2n) is 6.60. The third kappa shape index (κ3) is 3.18. The van der Waals surface area contributed by atoms with Crippen molar-refractivity contribution in [1.29, 1.82) is 0 Å². The molecule has 0 aromatic heterocycles. The van der Waals surface area contributed by atoms with E-state index in [0.717, 1.165) is 0 Å². The molecule has 0 unspecified atom stereocenters. The van der Waals surface area contributed by atoms with Crippen molar-refractivity contribution in [3.63, 3.8) is 0 Å². The van der Waals surface area contributed by atoms with Gasteiger partial charge < -0.3 is 19.5 Å². The fourth-order valence-corrected chi connectivity index (χ4v) is 3.48. The Labute approximate surface area is 145 Å². The van der Waals surface area contributed by atoms with Gasteiger partial charge in [0.25, 0.3) is 0 Å². The van der Waals surface area contributed by atoms with Gasteiger partial charge in [0.2, 0.25) is 5.91 Å². The van der Waals surface area contributed by atoms with Gasteiger partial charge in [-0.2, -0.15) is 0 Å². The second-order valence-corrected chi connectivity index (χ2v) is 6.60. The molecule has 0 bridgehead atoms. The number of rotatable bonds is 3. The first-order valence-corrected chi connectivity index (χ1v) is 8.28. The van der Waals surface area contributed by atoms with Crippen LogP contribution in [0.5, 0.6) is 11.5 Å². The number of carboxylic acids is 1. The number of benzene rings is 1. The molecule has 2 aliphatic rings. The van der Waals surface area contributed by atoms with Crippen molar-refractivity contribution in [2.75, 3.05) is 13.7 Å². The summed E-state index contributed by atoms with van der Waals surface area (Å²) >= 11 is 0. The van der Waals surface area contributed by atoms with E-state index >= 15 is 0 Å². The van der Waals surface area contributed by atoms with Gasteiger partial charge in [0.1, 0.15) is 23.1 Å². The molecule has 7 nitrogen and oxygen atoms in total. The highest BCUT2D eigenvalue weighted by molar-refractivity contribution is 6.00. The highest BCUT2D eigenvalue weighted by atomic mass is 16.5. The Morgan fingerprint density at radius 3 is 2.80 bits per heavy atom. The van der Waals surface area contributed by atoms with Gasteiger partial charge in [-0.1, -0.05) is 0 Å². The van der Waals surface area contributed by atoms with Gasteiger partial charge in [-0.3, -0.25) is 9.59 Å². The molecule has 3 rings (SSSR count). The van der Waals surface area contributed by atoms with Crippen LogP contribution in [0.15, 0.2) is 18.2 Å². The maximum atomic E-state index is 12.6. The first-order chi connectivity index (χ1) is 11.8. The van der Waals surface area contributed by atoms with E-state index in [-0.39, 0.29) is 31.1 Å². The van der Waals surface area contributed by atoms with Crippen molar-refractivity contribution in [3.05, 3.63) is 23.8 Å². The monoisotopic (exact) mass is 347 g/mol. The third-order valence-electron chi connectivity index (χ3n) is 5.05. The van der Waals surface area contributed by atoms with Gasteiger partial charge in [-0.15, -0.1) is 0 Å². The van der Waals surface area contributed by atoms with Gasteiger partial charge in [0, 0.05) is 25.5 Å². The molecule has 1 aromatic rings.